The molecule has 1 aromatic rings. The normalized spacial score (nSPS) is 10.7. The van der Waals surface area contributed by atoms with E-state index in [1.54, 1.807) is 11.7 Å². The van der Waals surface area contributed by atoms with E-state index in [1.165, 1.54) is 0 Å². The molecule has 0 unspecified atom stereocenters. The molecule has 0 atom stereocenters. The quantitative estimate of drug-likeness (QED) is 0.688. The topological polar surface area (TPSA) is 27.1 Å². The molecule has 14 heavy (non-hydrogen) atoms. The van der Waals surface area contributed by atoms with Crippen LogP contribution in [-0.2, 0) is 13.4 Å². The highest BCUT2D eigenvalue weighted by Gasteiger charge is 2.16. The maximum Gasteiger partial charge on any atom is 0.388 e. The van der Waals surface area contributed by atoms with Gasteiger partial charge in [-0.3, -0.25) is 4.68 Å². The standard InChI is InChI=1S/C8H13BF2N2O/c1-5-6(4-9-2)7(12-13(5)3)14-8(10)11/h8-9H,4H2,1-3H3. The number of alkyl halides is 2. The zero-order chi connectivity index (χ0) is 10.7. The summed E-state index contributed by atoms with van der Waals surface area (Å²) >= 11 is 0. The van der Waals surface area contributed by atoms with Crippen LogP contribution in [0.25, 0.3) is 0 Å². The molecule has 3 nitrogen and oxygen atoms in total. The lowest BCUT2D eigenvalue weighted by Crippen LogP contribution is -2.05. The summed E-state index contributed by atoms with van der Waals surface area (Å²) in [5, 5.41) is 3.88. The molecule has 0 amide bonds. The predicted molar refractivity (Wildman–Crippen MR) is 51.3 cm³/mol. The van der Waals surface area contributed by atoms with Crippen molar-refractivity contribution in [2.24, 2.45) is 7.05 Å². The molecule has 0 saturated heterocycles. The summed E-state index contributed by atoms with van der Waals surface area (Å²) < 4.78 is 29.9. The third-order valence-electron chi connectivity index (χ3n) is 2.12. The molecule has 1 heterocycles. The van der Waals surface area contributed by atoms with Gasteiger partial charge < -0.3 is 4.74 Å². The smallest absolute Gasteiger partial charge is 0.388 e. The Labute approximate surface area is 82.3 Å². The van der Waals surface area contributed by atoms with Crippen molar-refractivity contribution in [1.82, 2.24) is 9.78 Å². The van der Waals surface area contributed by atoms with E-state index in [0.29, 0.717) is 6.32 Å². The Morgan fingerprint density at radius 1 is 1.57 bits per heavy atom. The van der Waals surface area contributed by atoms with Crippen LogP contribution >= 0.6 is 0 Å². The zero-order valence-corrected chi connectivity index (χ0v) is 8.55. The van der Waals surface area contributed by atoms with Crippen LogP contribution in [0.3, 0.4) is 0 Å². The van der Waals surface area contributed by atoms with E-state index >= 15 is 0 Å². The van der Waals surface area contributed by atoms with Gasteiger partial charge in [0.15, 0.2) is 0 Å². The van der Waals surface area contributed by atoms with Crippen LogP contribution in [0.15, 0.2) is 0 Å². The molecule has 0 aliphatic heterocycles. The van der Waals surface area contributed by atoms with Gasteiger partial charge in [-0.05, 0) is 13.2 Å². The summed E-state index contributed by atoms with van der Waals surface area (Å²) in [6.07, 6.45) is 0.710. The molecule has 6 heteroatoms. The Kier molecular flexibility index (Phi) is 3.49. The van der Waals surface area contributed by atoms with Gasteiger partial charge in [0.25, 0.3) is 0 Å². The molecule has 1 rings (SSSR count). The van der Waals surface area contributed by atoms with Crippen molar-refractivity contribution >= 4 is 7.28 Å². The molecular formula is C8H13BF2N2O. The van der Waals surface area contributed by atoms with Gasteiger partial charge in [-0.25, -0.2) is 0 Å². The van der Waals surface area contributed by atoms with Crippen LogP contribution in [0.1, 0.15) is 11.3 Å². The van der Waals surface area contributed by atoms with Gasteiger partial charge in [-0.1, -0.05) is 6.82 Å². The number of halogens is 2. The van der Waals surface area contributed by atoms with E-state index < -0.39 is 6.61 Å². The summed E-state index contributed by atoms with van der Waals surface area (Å²) in [7, 11) is 2.60. The van der Waals surface area contributed by atoms with Crippen LogP contribution < -0.4 is 4.74 Å². The molecule has 0 fully saturated rings. The van der Waals surface area contributed by atoms with E-state index in [4.69, 9.17) is 0 Å². The highest BCUT2D eigenvalue weighted by molar-refractivity contribution is 6.33. The minimum atomic E-state index is -2.81. The highest BCUT2D eigenvalue weighted by atomic mass is 19.3. The average Bonchev–Trinajstić information content (AvgIpc) is 2.32. The molecule has 0 N–H and O–H groups in total. The molecule has 0 aliphatic rings. The van der Waals surface area contributed by atoms with Gasteiger partial charge in [0, 0.05) is 18.3 Å². The second-order valence-corrected chi connectivity index (χ2v) is 3.12. The summed E-state index contributed by atoms with van der Waals surface area (Å²) in [5.74, 6) is 0.0573. The van der Waals surface area contributed by atoms with E-state index in [1.807, 2.05) is 13.7 Å². The number of aromatic nitrogens is 2. The van der Waals surface area contributed by atoms with Crippen LogP contribution in [-0.4, -0.2) is 23.7 Å². The predicted octanol–water partition coefficient (Wildman–Crippen LogP) is 1.31. The lowest BCUT2D eigenvalue weighted by atomic mass is 9.75. The Morgan fingerprint density at radius 3 is 2.71 bits per heavy atom. The Morgan fingerprint density at radius 2 is 2.21 bits per heavy atom. The summed E-state index contributed by atoms with van der Waals surface area (Å²) in [6.45, 7) is 1.02. The summed E-state index contributed by atoms with van der Waals surface area (Å²) in [5.41, 5.74) is 1.65. The van der Waals surface area contributed by atoms with E-state index in [-0.39, 0.29) is 5.88 Å². The van der Waals surface area contributed by atoms with Gasteiger partial charge in [-0.15, -0.1) is 5.10 Å². The van der Waals surface area contributed by atoms with Crippen molar-refractivity contribution in [3.8, 4) is 5.88 Å². The lowest BCUT2D eigenvalue weighted by molar-refractivity contribution is -0.0536. The third kappa shape index (κ3) is 2.24. The maximum atomic E-state index is 12.0. The van der Waals surface area contributed by atoms with Crippen molar-refractivity contribution < 1.29 is 13.5 Å². The Balaban J connectivity index is 2.96. The van der Waals surface area contributed by atoms with Crippen LogP contribution in [0.5, 0.6) is 5.88 Å². The summed E-state index contributed by atoms with van der Waals surface area (Å²) in [4.78, 5) is 0. The number of ether oxygens (including phenoxy) is 1. The second-order valence-electron chi connectivity index (χ2n) is 3.12. The van der Waals surface area contributed by atoms with Crippen LogP contribution in [0.4, 0.5) is 8.78 Å². The molecule has 0 aromatic carbocycles. The fourth-order valence-electron chi connectivity index (χ4n) is 1.34. The van der Waals surface area contributed by atoms with E-state index in [0.717, 1.165) is 18.5 Å². The Hall–Kier alpha value is -1.07. The molecular weight excluding hydrogens is 189 g/mol. The van der Waals surface area contributed by atoms with Crippen molar-refractivity contribution in [3.63, 3.8) is 0 Å². The Bertz CT molecular complexity index is 315. The first-order valence-electron chi connectivity index (χ1n) is 4.53. The van der Waals surface area contributed by atoms with E-state index in [9.17, 15) is 8.78 Å². The fourth-order valence-corrected chi connectivity index (χ4v) is 1.34. The molecule has 0 spiro atoms. The second kappa shape index (κ2) is 4.44. The first-order chi connectivity index (χ1) is 6.56. The van der Waals surface area contributed by atoms with Crippen molar-refractivity contribution in [2.45, 2.75) is 26.7 Å². The van der Waals surface area contributed by atoms with Gasteiger partial charge in [0.1, 0.15) is 7.28 Å². The molecule has 0 saturated carbocycles. The van der Waals surface area contributed by atoms with Crippen molar-refractivity contribution in [2.75, 3.05) is 0 Å². The monoisotopic (exact) mass is 202 g/mol. The lowest BCUT2D eigenvalue weighted by Gasteiger charge is -2.02. The number of hydrogen-bond donors (Lipinski definition) is 0. The van der Waals surface area contributed by atoms with Gasteiger partial charge in [0.2, 0.25) is 5.88 Å². The number of hydrogen-bond acceptors (Lipinski definition) is 2. The average molecular weight is 202 g/mol. The van der Waals surface area contributed by atoms with Gasteiger partial charge in [0.05, 0.1) is 0 Å². The molecule has 1 aromatic heterocycles. The summed E-state index contributed by atoms with van der Waals surface area (Å²) in [6, 6.07) is 0. The maximum absolute atomic E-state index is 12.0. The SMILES string of the molecule is CBCc1c(OC(F)F)nn(C)c1C. The van der Waals surface area contributed by atoms with Gasteiger partial charge >= 0.3 is 6.61 Å². The highest BCUT2D eigenvalue weighted by Crippen LogP contribution is 2.22. The molecule has 0 aliphatic carbocycles. The van der Waals surface area contributed by atoms with Gasteiger partial charge in [-0.2, -0.15) is 8.78 Å². The first kappa shape index (κ1) is 11.0. The fraction of sp³-hybridized carbons (Fsp3) is 0.625. The number of rotatable bonds is 4. The van der Waals surface area contributed by atoms with Crippen LogP contribution in [0, 0.1) is 6.92 Å². The van der Waals surface area contributed by atoms with E-state index in [2.05, 4.69) is 9.84 Å². The van der Waals surface area contributed by atoms with Crippen molar-refractivity contribution in [3.05, 3.63) is 11.3 Å². The first-order valence-corrected chi connectivity index (χ1v) is 4.53. The molecule has 78 valence electrons. The van der Waals surface area contributed by atoms with Crippen LogP contribution in [0.2, 0.25) is 6.82 Å². The van der Waals surface area contributed by atoms with Crippen molar-refractivity contribution in [1.29, 1.82) is 0 Å². The zero-order valence-electron chi connectivity index (χ0n) is 8.55. The molecule has 0 radical (unpaired) electrons. The minimum Gasteiger partial charge on any atom is -0.415 e. The largest absolute Gasteiger partial charge is 0.415 e. The third-order valence-corrected chi connectivity index (χ3v) is 2.12. The minimum absolute atomic E-state index is 0.0573. The number of aryl methyl sites for hydroxylation is 1. The molecule has 0 bridgehead atoms. The number of nitrogens with zero attached hydrogens (tertiary/aromatic N) is 2.